The second-order valence-corrected chi connectivity index (χ2v) is 9.22. The maximum Gasteiger partial charge on any atom is 0.306 e. The number of carbonyl (C=O) groups is 1. The summed E-state index contributed by atoms with van der Waals surface area (Å²) < 4.78 is 17.9. The quantitative estimate of drug-likeness (QED) is 0.452. The maximum atomic E-state index is 12.7. The van der Waals surface area contributed by atoms with Gasteiger partial charge in [-0.05, 0) is 49.9 Å². The third-order valence-corrected chi connectivity index (χ3v) is 6.84. The van der Waals surface area contributed by atoms with Gasteiger partial charge < -0.3 is 23.9 Å². The summed E-state index contributed by atoms with van der Waals surface area (Å²) >= 11 is 6.30. The fraction of sp³-hybridized carbons (Fsp3) is 0.385. The Hall–Kier alpha value is -3.03. The smallest absolute Gasteiger partial charge is 0.306 e. The molecule has 1 saturated carbocycles. The molecule has 3 aromatic rings. The van der Waals surface area contributed by atoms with Crippen molar-refractivity contribution in [3.8, 4) is 17.1 Å². The summed E-state index contributed by atoms with van der Waals surface area (Å²) in [5, 5.41) is 9.81. The molecule has 0 spiro atoms. The average Bonchev–Trinajstić information content (AvgIpc) is 3.33. The van der Waals surface area contributed by atoms with Crippen molar-refractivity contribution in [2.75, 3.05) is 31.2 Å². The lowest BCUT2D eigenvalue weighted by molar-refractivity contribution is -0.151. The topological polar surface area (TPSA) is 89.2 Å². The summed E-state index contributed by atoms with van der Waals surface area (Å²) in [6.45, 7) is 2.63. The maximum absolute atomic E-state index is 12.7. The van der Waals surface area contributed by atoms with Crippen LogP contribution >= 0.6 is 11.6 Å². The Morgan fingerprint density at radius 2 is 1.91 bits per heavy atom. The number of benzene rings is 2. The van der Waals surface area contributed by atoms with Gasteiger partial charge in [0.2, 0.25) is 0 Å². The molecule has 1 saturated heterocycles. The van der Waals surface area contributed by atoms with Gasteiger partial charge in [-0.25, -0.2) is 0 Å². The molecule has 8 heteroatoms. The number of ether oxygens (including phenoxy) is 2. The molecule has 0 radical (unpaired) electrons. The molecule has 1 aromatic heterocycles. The predicted molar refractivity (Wildman–Crippen MR) is 130 cm³/mol. The molecular weight excluding hydrogens is 458 g/mol. The summed E-state index contributed by atoms with van der Waals surface area (Å²) in [5.74, 6) is -0.0916. The second-order valence-electron chi connectivity index (χ2n) is 8.81. The third-order valence-electron chi connectivity index (χ3n) is 6.55. The zero-order valence-electron chi connectivity index (χ0n) is 18.7. The Kier molecular flexibility index (Phi) is 6.48. The van der Waals surface area contributed by atoms with Crippen LogP contribution in [-0.4, -0.2) is 43.5 Å². The van der Waals surface area contributed by atoms with Crippen molar-refractivity contribution < 1.29 is 23.8 Å². The highest BCUT2D eigenvalue weighted by atomic mass is 35.5. The van der Waals surface area contributed by atoms with Crippen LogP contribution in [0.1, 0.15) is 25.7 Å². The SMILES string of the molecule is O=c1cc(-c2ccc(N3CCCC3)cc2OCCO[C@H]2C[C@@H](C(=O)O)C2)oc2c(Cl)cccc12. The fourth-order valence-corrected chi connectivity index (χ4v) is 4.76. The van der Waals surface area contributed by atoms with Gasteiger partial charge in [-0.15, -0.1) is 0 Å². The lowest BCUT2D eigenvalue weighted by atomic mass is 9.82. The zero-order valence-corrected chi connectivity index (χ0v) is 19.4. The largest absolute Gasteiger partial charge is 0.490 e. The Morgan fingerprint density at radius 3 is 2.68 bits per heavy atom. The molecule has 0 unspecified atom stereocenters. The van der Waals surface area contributed by atoms with Crippen LogP contribution in [0.4, 0.5) is 5.69 Å². The lowest BCUT2D eigenvalue weighted by Crippen LogP contribution is -2.37. The van der Waals surface area contributed by atoms with Crippen LogP contribution in [0.5, 0.6) is 5.75 Å². The number of anilines is 1. The molecular formula is C26H26ClNO6. The number of halogens is 1. The lowest BCUT2D eigenvalue weighted by Gasteiger charge is -2.32. The Bertz CT molecular complexity index is 1260. The van der Waals surface area contributed by atoms with Crippen molar-refractivity contribution in [1.29, 1.82) is 0 Å². The first-order valence-electron chi connectivity index (χ1n) is 11.6. The van der Waals surface area contributed by atoms with Gasteiger partial charge in [0.05, 0.1) is 34.6 Å². The minimum Gasteiger partial charge on any atom is -0.490 e. The highest BCUT2D eigenvalue weighted by Crippen LogP contribution is 2.36. The van der Waals surface area contributed by atoms with Gasteiger partial charge in [0, 0.05) is 30.9 Å². The summed E-state index contributed by atoms with van der Waals surface area (Å²) in [5.41, 5.74) is 1.90. The number of fused-ring (bicyclic) bond motifs is 1. The van der Waals surface area contributed by atoms with E-state index in [-0.39, 0.29) is 17.5 Å². The third kappa shape index (κ3) is 4.63. The molecule has 2 heterocycles. The zero-order chi connectivity index (χ0) is 23.7. The van der Waals surface area contributed by atoms with Crippen LogP contribution in [0.25, 0.3) is 22.3 Å². The number of carboxylic acid groups (broad SMARTS) is 1. The molecule has 2 fully saturated rings. The minimum absolute atomic E-state index is 0.0410. The van der Waals surface area contributed by atoms with Crippen molar-refractivity contribution in [2.45, 2.75) is 31.8 Å². The molecule has 2 aromatic carbocycles. The normalized spacial score (nSPS) is 19.9. The predicted octanol–water partition coefficient (Wildman–Crippen LogP) is 4.97. The van der Waals surface area contributed by atoms with Gasteiger partial charge in [-0.3, -0.25) is 9.59 Å². The van der Waals surface area contributed by atoms with Gasteiger partial charge in [-0.1, -0.05) is 17.7 Å². The summed E-state index contributed by atoms with van der Waals surface area (Å²) in [7, 11) is 0. The Labute approximate surface area is 201 Å². The van der Waals surface area contributed by atoms with E-state index in [4.69, 9.17) is 30.6 Å². The first-order valence-corrected chi connectivity index (χ1v) is 12.0. The average molecular weight is 484 g/mol. The van der Waals surface area contributed by atoms with E-state index in [1.54, 1.807) is 18.2 Å². The van der Waals surface area contributed by atoms with Gasteiger partial charge in [0.1, 0.15) is 18.1 Å². The van der Waals surface area contributed by atoms with Crippen molar-refractivity contribution in [3.63, 3.8) is 0 Å². The van der Waals surface area contributed by atoms with Gasteiger partial charge in [0.25, 0.3) is 0 Å². The summed E-state index contributed by atoms with van der Waals surface area (Å²) in [6.07, 6.45) is 3.34. The van der Waals surface area contributed by atoms with Crippen LogP contribution in [0.2, 0.25) is 5.02 Å². The van der Waals surface area contributed by atoms with Crippen LogP contribution in [0.3, 0.4) is 0 Å². The van der Waals surface area contributed by atoms with Crippen LogP contribution < -0.4 is 15.1 Å². The van der Waals surface area contributed by atoms with Crippen LogP contribution in [-0.2, 0) is 9.53 Å². The molecule has 0 bridgehead atoms. The van der Waals surface area contributed by atoms with E-state index in [1.807, 2.05) is 18.2 Å². The number of hydrogen-bond donors (Lipinski definition) is 1. The van der Waals surface area contributed by atoms with E-state index >= 15 is 0 Å². The van der Waals surface area contributed by atoms with E-state index in [1.165, 1.54) is 6.07 Å². The van der Waals surface area contributed by atoms with Gasteiger partial charge in [0.15, 0.2) is 11.0 Å². The number of aliphatic carboxylic acids is 1. The van der Waals surface area contributed by atoms with Crippen molar-refractivity contribution in [3.05, 3.63) is 57.7 Å². The number of nitrogens with zero attached hydrogens (tertiary/aromatic N) is 1. The van der Waals surface area contributed by atoms with Crippen molar-refractivity contribution in [2.24, 2.45) is 5.92 Å². The van der Waals surface area contributed by atoms with Gasteiger partial charge >= 0.3 is 5.97 Å². The van der Waals surface area contributed by atoms with E-state index in [9.17, 15) is 9.59 Å². The number of hydrogen-bond acceptors (Lipinski definition) is 6. The number of carboxylic acids is 1. The number of para-hydroxylation sites is 1. The van der Waals surface area contributed by atoms with E-state index < -0.39 is 5.97 Å². The summed E-state index contributed by atoms with van der Waals surface area (Å²) in [4.78, 5) is 26.0. The highest BCUT2D eigenvalue weighted by Gasteiger charge is 2.35. The molecule has 0 amide bonds. The first-order chi connectivity index (χ1) is 16.5. The monoisotopic (exact) mass is 483 g/mol. The van der Waals surface area contributed by atoms with E-state index in [0.29, 0.717) is 59.1 Å². The second kappa shape index (κ2) is 9.68. The molecule has 2 aliphatic rings. The Balaban J connectivity index is 1.38. The molecule has 5 rings (SSSR count). The standard InChI is InChI=1S/C26H26ClNO6/c27-21-5-3-4-19-22(29)15-24(34-25(19)21)20-7-6-17(28-8-1-2-9-28)14-23(20)33-11-10-32-18-12-16(13-18)26(30)31/h3-7,14-16,18H,1-2,8-13H2,(H,30,31)/t16-,18+. The van der Waals surface area contributed by atoms with Crippen molar-refractivity contribution >= 4 is 34.2 Å². The first kappa shape index (κ1) is 22.7. The van der Waals surface area contributed by atoms with Gasteiger partial charge in [-0.2, -0.15) is 0 Å². The molecule has 7 nitrogen and oxygen atoms in total. The fourth-order valence-electron chi connectivity index (χ4n) is 4.55. The molecule has 0 atom stereocenters. The van der Waals surface area contributed by atoms with E-state index in [0.717, 1.165) is 31.6 Å². The van der Waals surface area contributed by atoms with Crippen LogP contribution in [0.15, 0.2) is 51.7 Å². The summed E-state index contributed by atoms with van der Waals surface area (Å²) in [6, 6.07) is 12.5. The highest BCUT2D eigenvalue weighted by molar-refractivity contribution is 6.34. The molecule has 1 aliphatic carbocycles. The van der Waals surface area contributed by atoms with Crippen molar-refractivity contribution in [1.82, 2.24) is 0 Å². The molecule has 1 aliphatic heterocycles. The van der Waals surface area contributed by atoms with E-state index in [2.05, 4.69) is 4.90 Å². The molecule has 1 N–H and O–H groups in total. The Morgan fingerprint density at radius 1 is 1.12 bits per heavy atom. The minimum atomic E-state index is -0.767. The molecule has 178 valence electrons. The molecule has 34 heavy (non-hydrogen) atoms. The number of rotatable bonds is 8. The van der Waals surface area contributed by atoms with Crippen LogP contribution in [0, 0.1) is 5.92 Å².